The summed E-state index contributed by atoms with van der Waals surface area (Å²) in [5.74, 6) is 0.263. The molecule has 9 heteroatoms. The molecule has 0 atom stereocenters. The van der Waals surface area contributed by atoms with Crippen molar-refractivity contribution in [1.82, 2.24) is 9.97 Å². The molecule has 2 N–H and O–H groups in total. The summed E-state index contributed by atoms with van der Waals surface area (Å²) in [6.45, 7) is 1.73. The number of benzene rings is 3. The summed E-state index contributed by atoms with van der Waals surface area (Å²) in [5, 5.41) is 0.435. The average molecular weight is 549 g/mol. The maximum Gasteiger partial charge on any atom is 0.262 e. The highest BCUT2D eigenvalue weighted by Crippen LogP contribution is 2.31. The van der Waals surface area contributed by atoms with Crippen molar-refractivity contribution in [3.63, 3.8) is 0 Å². The van der Waals surface area contributed by atoms with E-state index in [4.69, 9.17) is 0 Å². The van der Waals surface area contributed by atoms with Crippen molar-refractivity contribution in [1.29, 1.82) is 0 Å². The maximum atomic E-state index is 13.0. The molecule has 0 unspecified atom stereocenters. The van der Waals surface area contributed by atoms with Crippen LogP contribution in [0.3, 0.4) is 0 Å². The predicted molar refractivity (Wildman–Crippen MR) is 125 cm³/mol. The van der Waals surface area contributed by atoms with E-state index >= 15 is 0 Å². The van der Waals surface area contributed by atoms with Gasteiger partial charge in [0.1, 0.15) is 5.82 Å². The van der Waals surface area contributed by atoms with Crippen LogP contribution in [0.1, 0.15) is 5.56 Å². The van der Waals surface area contributed by atoms with E-state index in [9.17, 15) is 13.2 Å². The minimum absolute atomic E-state index is 0.184. The molecule has 0 aliphatic rings. The van der Waals surface area contributed by atoms with Crippen molar-refractivity contribution in [2.45, 2.75) is 11.8 Å². The topological polar surface area (TPSA) is 91.9 Å². The number of aromatic amines is 1. The molecule has 0 aliphatic heterocycles. The van der Waals surface area contributed by atoms with Gasteiger partial charge in [-0.2, -0.15) is 0 Å². The lowest BCUT2D eigenvalue weighted by atomic mass is 10.1. The number of sulfonamides is 1. The van der Waals surface area contributed by atoms with Gasteiger partial charge in [0, 0.05) is 14.5 Å². The van der Waals surface area contributed by atoms with E-state index in [1.165, 1.54) is 0 Å². The molecule has 1 heterocycles. The molecule has 0 saturated carbocycles. The number of nitrogens with one attached hydrogen (secondary N) is 2. The number of nitrogens with zero attached hydrogens (tertiary/aromatic N) is 1. The van der Waals surface area contributed by atoms with Crippen LogP contribution in [0.2, 0.25) is 0 Å². The largest absolute Gasteiger partial charge is 0.306 e. The number of hydrogen-bond donors (Lipinski definition) is 2. The van der Waals surface area contributed by atoms with Gasteiger partial charge in [0.05, 0.1) is 21.5 Å². The van der Waals surface area contributed by atoms with E-state index in [0.717, 1.165) is 8.95 Å². The first kappa shape index (κ1) is 20.8. The highest BCUT2D eigenvalue weighted by atomic mass is 79.9. The van der Waals surface area contributed by atoms with Gasteiger partial charge >= 0.3 is 0 Å². The molecule has 4 rings (SSSR count). The van der Waals surface area contributed by atoms with Gasteiger partial charge in [-0.3, -0.25) is 9.52 Å². The molecule has 30 heavy (non-hydrogen) atoms. The Morgan fingerprint density at radius 3 is 2.43 bits per heavy atom. The molecule has 0 amide bonds. The first-order valence-corrected chi connectivity index (χ1v) is 11.9. The zero-order chi connectivity index (χ0) is 21.5. The third-order valence-electron chi connectivity index (χ3n) is 4.53. The van der Waals surface area contributed by atoms with E-state index in [-0.39, 0.29) is 16.3 Å². The number of H-pyrrole nitrogens is 1. The second-order valence-electron chi connectivity index (χ2n) is 6.64. The van der Waals surface area contributed by atoms with Crippen molar-refractivity contribution in [3.05, 3.63) is 85.5 Å². The summed E-state index contributed by atoms with van der Waals surface area (Å²) in [7, 11) is -3.84. The second-order valence-corrected chi connectivity index (χ2v) is 10.1. The number of anilines is 1. The highest BCUT2D eigenvalue weighted by Gasteiger charge is 2.20. The van der Waals surface area contributed by atoms with Crippen LogP contribution in [0.15, 0.2) is 79.3 Å². The minimum atomic E-state index is -3.84. The zero-order valence-corrected chi connectivity index (χ0v) is 19.6. The highest BCUT2D eigenvalue weighted by molar-refractivity contribution is 9.10. The number of hydrogen-bond acceptors (Lipinski definition) is 4. The van der Waals surface area contributed by atoms with Crippen LogP contribution in [-0.4, -0.2) is 18.4 Å². The Hall–Kier alpha value is -2.49. The lowest BCUT2D eigenvalue weighted by Crippen LogP contribution is -2.16. The van der Waals surface area contributed by atoms with Gasteiger partial charge < -0.3 is 4.98 Å². The van der Waals surface area contributed by atoms with Crippen molar-refractivity contribution in [2.24, 2.45) is 0 Å². The molecule has 0 bridgehead atoms. The summed E-state index contributed by atoms with van der Waals surface area (Å²) >= 11 is 6.75. The molecule has 0 aliphatic carbocycles. The molecule has 152 valence electrons. The van der Waals surface area contributed by atoms with Crippen LogP contribution >= 0.6 is 31.9 Å². The summed E-state index contributed by atoms with van der Waals surface area (Å²) in [6.07, 6.45) is 0. The first-order chi connectivity index (χ1) is 14.2. The summed E-state index contributed by atoms with van der Waals surface area (Å²) in [5.41, 5.74) is 1.57. The van der Waals surface area contributed by atoms with Crippen LogP contribution in [-0.2, 0) is 10.0 Å². The normalized spacial score (nSPS) is 11.6. The second kappa shape index (κ2) is 7.98. The summed E-state index contributed by atoms with van der Waals surface area (Å²) < 4.78 is 30.1. The molecule has 3 aromatic carbocycles. The van der Waals surface area contributed by atoms with Gasteiger partial charge in [-0.25, -0.2) is 13.4 Å². The van der Waals surface area contributed by atoms with Gasteiger partial charge in [0.2, 0.25) is 0 Å². The van der Waals surface area contributed by atoms with Crippen LogP contribution in [0.4, 0.5) is 5.69 Å². The maximum absolute atomic E-state index is 13.0. The Morgan fingerprint density at radius 1 is 0.967 bits per heavy atom. The number of aromatic nitrogens is 2. The van der Waals surface area contributed by atoms with Gasteiger partial charge in [0.25, 0.3) is 15.6 Å². The lowest BCUT2D eigenvalue weighted by Gasteiger charge is -2.14. The Morgan fingerprint density at radius 2 is 1.67 bits per heavy atom. The van der Waals surface area contributed by atoms with E-state index in [1.807, 2.05) is 0 Å². The summed E-state index contributed by atoms with van der Waals surface area (Å²) in [4.78, 5) is 20.1. The molecule has 0 spiro atoms. The number of rotatable bonds is 4. The third kappa shape index (κ3) is 4.05. The van der Waals surface area contributed by atoms with Crippen LogP contribution in [0.5, 0.6) is 0 Å². The molecular formula is C21H15Br2N3O3S. The third-order valence-corrected chi connectivity index (χ3v) is 7.04. The van der Waals surface area contributed by atoms with Gasteiger partial charge in [-0.05, 0) is 55.0 Å². The van der Waals surface area contributed by atoms with Gasteiger partial charge in [-0.1, -0.05) is 50.1 Å². The Bertz CT molecular complexity index is 1450. The van der Waals surface area contributed by atoms with Gasteiger partial charge in [0.15, 0.2) is 0 Å². The molecule has 6 nitrogen and oxygen atoms in total. The van der Waals surface area contributed by atoms with Crippen molar-refractivity contribution in [2.75, 3.05) is 4.72 Å². The average Bonchev–Trinajstić information content (AvgIpc) is 2.70. The van der Waals surface area contributed by atoms with Crippen LogP contribution in [0, 0.1) is 6.92 Å². The predicted octanol–water partition coefficient (Wildman–Crippen LogP) is 5.22. The Labute approximate surface area is 189 Å². The Balaban J connectivity index is 1.86. The van der Waals surface area contributed by atoms with Crippen molar-refractivity contribution in [3.8, 4) is 11.4 Å². The molecule has 1 aromatic heterocycles. The fraction of sp³-hybridized carbons (Fsp3) is 0.0476. The van der Waals surface area contributed by atoms with E-state index in [0.29, 0.717) is 27.7 Å². The van der Waals surface area contributed by atoms with Gasteiger partial charge in [-0.15, -0.1) is 0 Å². The standard InChI is InChI=1S/C21H15Br2N3O3S/c1-12-4-2-3-5-19(12)30(28,29)26-18-9-7-13(22)10-15(18)20-24-17-8-6-14(23)11-16(17)21(27)25-20/h2-11,26H,1H3,(H,24,25,27). The SMILES string of the molecule is Cc1ccccc1S(=O)(=O)Nc1ccc(Br)cc1-c1nc2ccc(Br)cc2c(=O)[nH]1. The van der Waals surface area contributed by atoms with E-state index in [1.54, 1.807) is 67.6 Å². The fourth-order valence-corrected chi connectivity index (χ4v) is 5.15. The van der Waals surface area contributed by atoms with Crippen LogP contribution < -0.4 is 10.3 Å². The Kier molecular flexibility index (Phi) is 5.52. The number of halogens is 2. The smallest absolute Gasteiger partial charge is 0.262 e. The molecule has 0 saturated heterocycles. The molecule has 4 aromatic rings. The zero-order valence-electron chi connectivity index (χ0n) is 15.6. The molecular weight excluding hydrogens is 534 g/mol. The summed E-state index contributed by atoms with van der Waals surface area (Å²) in [6, 6.07) is 17.0. The van der Waals surface area contributed by atoms with E-state index in [2.05, 4.69) is 46.5 Å². The lowest BCUT2D eigenvalue weighted by molar-refractivity contribution is 0.600. The first-order valence-electron chi connectivity index (χ1n) is 8.82. The quantitative estimate of drug-likeness (QED) is 0.365. The fourth-order valence-electron chi connectivity index (χ4n) is 3.10. The molecule has 0 fully saturated rings. The minimum Gasteiger partial charge on any atom is -0.306 e. The van der Waals surface area contributed by atoms with Crippen molar-refractivity contribution < 1.29 is 8.42 Å². The monoisotopic (exact) mass is 547 g/mol. The van der Waals surface area contributed by atoms with E-state index < -0.39 is 10.0 Å². The van der Waals surface area contributed by atoms with Crippen molar-refractivity contribution >= 4 is 58.5 Å². The number of aryl methyl sites for hydroxylation is 1. The van der Waals surface area contributed by atoms with Crippen LogP contribution in [0.25, 0.3) is 22.3 Å². The number of fused-ring (bicyclic) bond motifs is 1. The molecule has 0 radical (unpaired) electrons.